The van der Waals surface area contributed by atoms with E-state index in [1.165, 1.54) is 0 Å². The molecule has 0 bridgehead atoms. The predicted octanol–water partition coefficient (Wildman–Crippen LogP) is 5.42. The maximum absolute atomic E-state index is 14.4. The van der Waals surface area contributed by atoms with E-state index in [1.54, 1.807) is 25.7 Å². The number of carbonyl (C=O) groups excluding carboxylic acids is 3. The molecule has 1 aliphatic carbocycles. The molecule has 3 amide bonds. The van der Waals surface area contributed by atoms with Gasteiger partial charge in [0.1, 0.15) is 17.7 Å². The molecule has 2 N–H and O–H groups in total. The van der Waals surface area contributed by atoms with E-state index >= 15 is 0 Å². The summed E-state index contributed by atoms with van der Waals surface area (Å²) in [5.74, 6) is -0.345. The lowest BCUT2D eigenvalue weighted by Gasteiger charge is -2.35. The van der Waals surface area contributed by atoms with Crippen molar-refractivity contribution >= 4 is 17.9 Å². The lowest BCUT2D eigenvalue weighted by molar-refractivity contribution is -0.143. The lowest BCUT2D eigenvalue weighted by Crippen LogP contribution is -2.54. The molecule has 0 heterocycles. The Labute approximate surface area is 236 Å². The highest BCUT2D eigenvalue weighted by Gasteiger charge is 2.48. The second-order valence-corrected chi connectivity index (χ2v) is 11.4. The molecule has 1 saturated carbocycles. The summed E-state index contributed by atoms with van der Waals surface area (Å²) in [5.41, 5.74) is 1.86. The highest BCUT2D eigenvalue weighted by Crippen LogP contribution is 2.41. The number of ether oxygens (including phenoxy) is 1. The standard InChI is InChI=1S/C33H39N3O4/c1-23-20-28(23)36(29(26-18-12-7-13-19-26)30(37)34-22-25-16-10-6-11-17-25)31(38)27(21-24-14-8-5-9-15-24)35-32(39)40-33(2,3)4/h5-19,23,27-29H,20-22H2,1-4H3,(H,34,37)(H,35,39). The average Bonchev–Trinajstić information content (AvgIpc) is 3.65. The van der Waals surface area contributed by atoms with Crippen molar-refractivity contribution in [3.63, 3.8) is 0 Å². The van der Waals surface area contributed by atoms with Crippen molar-refractivity contribution in [2.45, 2.75) is 70.8 Å². The third kappa shape index (κ3) is 7.94. The van der Waals surface area contributed by atoms with Crippen LogP contribution in [0.1, 0.15) is 56.8 Å². The first-order valence-corrected chi connectivity index (χ1v) is 13.8. The minimum Gasteiger partial charge on any atom is -0.444 e. The molecular formula is C33H39N3O4. The number of alkyl carbamates (subject to hydrolysis) is 1. The van der Waals surface area contributed by atoms with Gasteiger partial charge in [-0.2, -0.15) is 0 Å². The molecule has 7 nitrogen and oxygen atoms in total. The fourth-order valence-corrected chi connectivity index (χ4v) is 4.81. The highest BCUT2D eigenvalue weighted by molar-refractivity contribution is 5.92. The van der Waals surface area contributed by atoms with E-state index < -0.39 is 23.8 Å². The summed E-state index contributed by atoms with van der Waals surface area (Å²) in [6.07, 6.45) is 0.380. The number of nitrogens with zero attached hydrogens (tertiary/aromatic N) is 1. The fraction of sp³-hybridized carbons (Fsp3) is 0.364. The summed E-state index contributed by atoms with van der Waals surface area (Å²) >= 11 is 0. The Morgan fingerprint density at radius 3 is 1.93 bits per heavy atom. The van der Waals surface area contributed by atoms with Crippen LogP contribution in [-0.4, -0.2) is 40.5 Å². The summed E-state index contributed by atoms with van der Waals surface area (Å²) in [7, 11) is 0. The van der Waals surface area contributed by atoms with Gasteiger partial charge in [0.25, 0.3) is 0 Å². The molecule has 4 atom stereocenters. The molecule has 3 aromatic rings. The van der Waals surface area contributed by atoms with Crippen LogP contribution in [0.3, 0.4) is 0 Å². The monoisotopic (exact) mass is 541 g/mol. The summed E-state index contributed by atoms with van der Waals surface area (Å²) in [6, 6.07) is 26.7. The van der Waals surface area contributed by atoms with Crippen molar-refractivity contribution < 1.29 is 19.1 Å². The lowest BCUT2D eigenvalue weighted by atomic mass is 9.99. The number of rotatable bonds is 10. The quantitative estimate of drug-likeness (QED) is 0.359. The maximum atomic E-state index is 14.4. The first-order chi connectivity index (χ1) is 19.1. The van der Waals surface area contributed by atoms with Crippen LogP contribution in [-0.2, 0) is 27.3 Å². The van der Waals surface area contributed by atoms with Crippen LogP contribution >= 0.6 is 0 Å². The number of carbonyl (C=O) groups is 3. The smallest absolute Gasteiger partial charge is 0.408 e. The summed E-state index contributed by atoms with van der Waals surface area (Å²) in [6.45, 7) is 7.75. The highest BCUT2D eigenvalue weighted by atomic mass is 16.6. The van der Waals surface area contributed by atoms with E-state index in [1.807, 2.05) is 91.0 Å². The predicted molar refractivity (Wildman–Crippen MR) is 155 cm³/mol. The maximum Gasteiger partial charge on any atom is 0.408 e. The van der Waals surface area contributed by atoms with Gasteiger partial charge in [-0.1, -0.05) is 97.9 Å². The molecule has 3 aromatic carbocycles. The SMILES string of the molecule is CC1CC1N(C(=O)C(Cc1ccccc1)NC(=O)OC(C)(C)C)C(C(=O)NCc1ccccc1)c1ccccc1. The van der Waals surface area contributed by atoms with Crippen LogP contribution in [0, 0.1) is 5.92 Å². The number of benzene rings is 3. The van der Waals surface area contributed by atoms with Gasteiger partial charge in [0, 0.05) is 19.0 Å². The number of hydrogen-bond acceptors (Lipinski definition) is 4. The molecular weight excluding hydrogens is 502 g/mol. The Hall–Kier alpha value is -4.13. The Balaban J connectivity index is 1.67. The normalized spacial score (nSPS) is 17.7. The van der Waals surface area contributed by atoms with Crippen LogP contribution in [0.25, 0.3) is 0 Å². The van der Waals surface area contributed by atoms with E-state index in [4.69, 9.17) is 4.74 Å². The van der Waals surface area contributed by atoms with Gasteiger partial charge < -0.3 is 20.3 Å². The van der Waals surface area contributed by atoms with E-state index in [-0.39, 0.29) is 30.2 Å². The largest absolute Gasteiger partial charge is 0.444 e. The summed E-state index contributed by atoms with van der Waals surface area (Å²) < 4.78 is 5.51. The average molecular weight is 542 g/mol. The molecule has 40 heavy (non-hydrogen) atoms. The van der Waals surface area contributed by atoms with Crippen molar-refractivity contribution in [2.24, 2.45) is 5.92 Å². The van der Waals surface area contributed by atoms with Gasteiger partial charge in [-0.05, 0) is 49.8 Å². The first kappa shape index (κ1) is 28.9. The van der Waals surface area contributed by atoms with E-state index in [9.17, 15) is 14.4 Å². The van der Waals surface area contributed by atoms with Crippen LogP contribution in [0.2, 0.25) is 0 Å². The molecule has 1 fully saturated rings. The number of nitrogens with one attached hydrogen (secondary N) is 2. The third-order valence-electron chi connectivity index (χ3n) is 6.90. The fourth-order valence-electron chi connectivity index (χ4n) is 4.81. The second kappa shape index (κ2) is 12.8. The third-order valence-corrected chi connectivity index (χ3v) is 6.90. The minimum absolute atomic E-state index is 0.126. The van der Waals surface area contributed by atoms with Gasteiger partial charge in [0.05, 0.1) is 0 Å². The first-order valence-electron chi connectivity index (χ1n) is 13.8. The second-order valence-electron chi connectivity index (χ2n) is 11.4. The van der Waals surface area contributed by atoms with Crippen LogP contribution in [0.4, 0.5) is 4.79 Å². The van der Waals surface area contributed by atoms with Gasteiger partial charge in [0.2, 0.25) is 11.8 Å². The van der Waals surface area contributed by atoms with Crippen molar-refractivity contribution in [3.8, 4) is 0 Å². The number of hydrogen-bond donors (Lipinski definition) is 2. The van der Waals surface area contributed by atoms with Crippen molar-refractivity contribution in [3.05, 3.63) is 108 Å². The van der Waals surface area contributed by atoms with Crippen LogP contribution in [0.5, 0.6) is 0 Å². The van der Waals surface area contributed by atoms with E-state index in [0.29, 0.717) is 6.54 Å². The molecule has 0 aliphatic heterocycles. The molecule has 210 valence electrons. The summed E-state index contributed by atoms with van der Waals surface area (Å²) in [5, 5.41) is 5.86. The zero-order valence-electron chi connectivity index (χ0n) is 23.7. The van der Waals surface area contributed by atoms with Gasteiger partial charge in [-0.25, -0.2) is 4.79 Å². The van der Waals surface area contributed by atoms with E-state index in [2.05, 4.69) is 17.6 Å². The Morgan fingerprint density at radius 1 is 0.875 bits per heavy atom. The molecule has 0 aromatic heterocycles. The molecule has 0 radical (unpaired) electrons. The minimum atomic E-state index is -0.918. The summed E-state index contributed by atoms with van der Waals surface area (Å²) in [4.78, 5) is 42.9. The Morgan fingerprint density at radius 2 is 1.40 bits per heavy atom. The van der Waals surface area contributed by atoms with Crippen molar-refractivity contribution in [1.82, 2.24) is 15.5 Å². The molecule has 4 unspecified atom stereocenters. The van der Waals surface area contributed by atoms with Gasteiger partial charge >= 0.3 is 6.09 Å². The molecule has 7 heteroatoms. The van der Waals surface area contributed by atoms with Crippen LogP contribution in [0.15, 0.2) is 91.0 Å². The zero-order valence-corrected chi connectivity index (χ0v) is 23.7. The zero-order chi connectivity index (χ0) is 28.7. The van der Waals surface area contributed by atoms with Crippen LogP contribution < -0.4 is 10.6 Å². The number of amides is 3. The topological polar surface area (TPSA) is 87.7 Å². The van der Waals surface area contributed by atoms with Gasteiger partial charge in [-0.3, -0.25) is 9.59 Å². The molecule has 0 saturated heterocycles. The van der Waals surface area contributed by atoms with Crippen molar-refractivity contribution in [2.75, 3.05) is 0 Å². The Bertz CT molecular complexity index is 1280. The molecule has 4 rings (SSSR count). The van der Waals surface area contributed by atoms with Gasteiger partial charge in [-0.15, -0.1) is 0 Å². The van der Waals surface area contributed by atoms with Crippen molar-refractivity contribution in [1.29, 1.82) is 0 Å². The van der Waals surface area contributed by atoms with Gasteiger partial charge in [0.15, 0.2) is 0 Å². The Kier molecular flexibility index (Phi) is 9.25. The molecule has 1 aliphatic rings. The molecule has 0 spiro atoms. The van der Waals surface area contributed by atoms with E-state index in [0.717, 1.165) is 23.1 Å².